The number of aliphatic carboxylic acids is 2. The summed E-state index contributed by atoms with van der Waals surface area (Å²) >= 11 is 0. The largest absolute Gasteiger partial charge is 0.481 e. The number of hydrogen-bond donors (Lipinski definition) is 2. The molecule has 0 aromatic carbocycles. The minimum Gasteiger partial charge on any atom is -0.481 e. The van der Waals surface area contributed by atoms with Gasteiger partial charge in [0.2, 0.25) is 0 Å². The van der Waals surface area contributed by atoms with Gasteiger partial charge in [-0.05, 0) is 12.8 Å². The smallest absolute Gasteiger partial charge is 0.313 e. The van der Waals surface area contributed by atoms with Gasteiger partial charge in [-0.1, -0.05) is 38.8 Å². The van der Waals surface area contributed by atoms with Crippen LogP contribution in [0.5, 0.6) is 0 Å². The SMILES string of the molecule is CCCC(/C=C/CC(=O)O)(CCC)C(=O)O. The van der Waals surface area contributed by atoms with Crippen molar-refractivity contribution in [2.75, 3.05) is 0 Å². The van der Waals surface area contributed by atoms with Crippen molar-refractivity contribution in [3.05, 3.63) is 12.2 Å². The van der Waals surface area contributed by atoms with Crippen LogP contribution in [-0.4, -0.2) is 22.2 Å². The molecule has 0 aliphatic rings. The molecule has 2 N–H and O–H groups in total. The van der Waals surface area contributed by atoms with Crippen molar-refractivity contribution in [3.8, 4) is 0 Å². The molecule has 0 unspecified atom stereocenters. The first-order chi connectivity index (χ1) is 7.48. The molecule has 0 aromatic rings. The third-order valence-corrected chi connectivity index (χ3v) is 2.55. The summed E-state index contributed by atoms with van der Waals surface area (Å²) in [4.78, 5) is 21.7. The standard InChI is InChI=1S/C12H20O4/c1-3-7-12(8-4-2,11(15)16)9-5-6-10(13)14/h5,9H,3-4,6-8H2,1-2H3,(H,13,14)(H,15,16)/b9-5+. The van der Waals surface area contributed by atoms with Gasteiger partial charge in [0.05, 0.1) is 11.8 Å². The van der Waals surface area contributed by atoms with E-state index in [9.17, 15) is 14.7 Å². The van der Waals surface area contributed by atoms with Crippen molar-refractivity contribution in [3.63, 3.8) is 0 Å². The molecule has 4 heteroatoms. The van der Waals surface area contributed by atoms with Crippen molar-refractivity contribution in [1.29, 1.82) is 0 Å². The van der Waals surface area contributed by atoms with Crippen LogP contribution < -0.4 is 0 Å². The van der Waals surface area contributed by atoms with Gasteiger partial charge in [0.1, 0.15) is 0 Å². The van der Waals surface area contributed by atoms with E-state index in [2.05, 4.69) is 0 Å². The van der Waals surface area contributed by atoms with Crippen LogP contribution in [0.25, 0.3) is 0 Å². The van der Waals surface area contributed by atoms with E-state index < -0.39 is 17.4 Å². The normalized spacial score (nSPS) is 11.9. The molecule has 0 bridgehead atoms. The Hall–Kier alpha value is -1.32. The first-order valence-corrected chi connectivity index (χ1v) is 5.61. The average Bonchev–Trinajstić information content (AvgIpc) is 2.17. The van der Waals surface area contributed by atoms with Crippen LogP contribution in [0.1, 0.15) is 46.0 Å². The molecule has 0 rings (SSSR count). The fourth-order valence-electron chi connectivity index (χ4n) is 1.85. The summed E-state index contributed by atoms with van der Waals surface area (Å²) in [7, 11) is 0. The third-order valence-electron chi connectivity index (χ3n) is 2.55. The van der Waals surface area contributed by atoms with Gasteiger partial charge in [-0.2, -0.15) is 0 Å². The molecule has 0 radical (unpaired) electrons. The number of hydrogen-bond acceptors (Lipinski definition) is 2. The molecule has 0 aliphatic heterocycles. The highest BCUT2D eigenvalue weighted by Gasteiger charge is 2.33. The van der Waals surface area contributed by atoms with E-state index in [1.165, 1.54) is 6.08 Å². The van der Waals surface area contributed by atoms with Gasteiger partial charge < -0.3 is 10.2 Å². The summed E-state index contributed by atoms with van der Waals surface area (Å²) in [5.74, 6) is -1.80. The summed E-state index contributed by atoms with van der Waals surface area (Å²) in [6, 6.07) is 0. The van der Waals surface area contributed by atoms with Gasteiger partial charge in [0, 0.05) is 0 Å². The summed E-state index contributed by atoms with van der Waals surface area (Å²) in [5, 5.41) is 17.8. The molecule has 0 spiro atoms. The van der Waals surface area contributed by atoms with Crippen LogP contribution in [0, 0.1) is 5.41 Å². The van der Waals surface area contributed by atoms with E-state index in [0.29, 0.717) is 12.8 Å². The molecule has 0 amide bonds. The van der Waals surface area contributed by atoms with E-state index in [1.807, 2.05) is 13.8 Å². The van der Waals surface area contributed by atoms with Crippen LogP contribution in [0.15, 0.2) is 12.2 Å². The van der Waals surface area contributed by atoms with Crippen molar-refractivity contribution < 1.29 is 19.8 Å². The van der Waals surface area contributed by atoms with Crippen molar-refractivity contribution in [2.24, 2.45) is 5.41 Å². The summed E-state index contributed by atoms with van der Waals surface area (Å²) in [6.45, 7) is 3.86. The number of carboxylic acid groups (broad SMARTS) is 2. The van der Waals surface area contributed by atoms with Crippen LogP contribution in [0.4, 0.5) is 0 Å². The van der Waals surface area contributed by atoms with Gasteiger partial charge in [-0.3, -0.25) is 9.59 Å². The van der Waals surface area contributed by atoms with Crippen molar-refractivity contribution >= 4 is 11.9 Å². The zero-order chi connectivity index (χ0) is 12.6. The minimum absolute atomic E-state index is 0.123. The number of carboxylic acids is 2. The van der Waals surface area contributed by atoms with Crippen LogP contribution in [0.3, 0.4) is 0 Å². The predicted octanol–water partition coefficient (Wildman–Crippen LogP) is 2.69. The molecule has 0 aliphatic carbocycles. The number of rotatable bonds is 8. The van der Waals surface area contributed by atoms with Gasteiger partial charge in [0.25, 0.3) is 0 Å². The molecule has 0 atom stereocenters. The third kappa shape index (κ3) is 4.47. The zero-order valence-corrected chi connectivity index (χ0v) is 9.90. The quantitative estimate of drug-likeness (QED) is 0.626. The lowest BCUT2D eigenvalue weighted by atomic mass is 9.79. The minimum atomic E-state index is -0.941. The monoisotopic (exact) mass is 228 g/mol. The van der Waals surface area contributed by atoms with Crippen molar-refractivity contribution in [2.45, 2.75) is 46.0 Å². The molecular weight excluding hydrogens is 208 g/mol. The Balaban J connectivity index is 4.79. The van der Waals surface area contributed by atoms with E-state index in [4.69, 9.17) is 5.11 Å². The molecule has 0 aromatic heterocycles. The highest BCUT2D eigenvalue weighted by atomic mass is 16.4. The molecule has 0 saturated carbocycles. The lowest BCUT2D eigenvalue weighted by Crippen LogP contribution is -2.28. The summed E-state index contributed by atoms with van der Waals surface area (Å²) in [6.07, 6.45) is 5.51. The first-order valence-electron chi connectivity index (χ1n) is 5.61. The fourth-order valence-corrected chi connectivity index (χ4v) is 1.85. The Kier molecular flexibility index (Phi) is 6.46. The lowest BCUT2D eigenvalue weighted by molar-refractivity contribution is -0.147. The van der Waals surface area contributed by atoms with Crippen LogP contribution in [0.2, 0.25) is 0 Å². The van der Waals surface area contributed by atoms with Gasteiger partial charge in [0.15, 0.2) is 0 Å². The fraction of sp³-hybridized carbons (Fsp3) is 0.667. The van der Waals surface area contributed by atoms with E-state index in [1.54, 1.807) is 6.08 Å². The molecule has 0 heterocycles. The lowest BCUT2D eigenvalue weighted by Gasteiger charge is -2.25. The highest BCUT2D eigenvalue weighted by molar-refractivity contribution is 5.77. The molecule has 16 heavy (non-hydrogen) atoms. The van der Waals surface area contributed by atoms with Crippen LogP contribution in [-0.2, 0) is 9.59 Å². The van der Waals surface area contributed by atoms with Gasteiger partial charge >= 0.3 is 11.9 Å². The van der Waals surface area contributed by atoms with Gasteiger partial charge in [-0.15, -0.1) is 0 Å². The zero-order valence-electron chi connectivity index (χ0n) is 9.90. The van der Waals surface area contributed by atoms with Crippen molar-refractivity contribution in [1.82, 2.24) is 0 Å². The second-order valence-corrected chi connectivity index (χ2v) is 3.96. The summed E-state index contributed by atoms with van der Waals surface area (Å²) in [5.41, 5.74) is -0.890. The Labute approximate surface area is 96.0 Å². The maximum atomic E-state index is 11.3. The molecular formula is C12H20O4. The number of carbonyl (C=O) groups is 2. The Morgan fingerprint density at radius 1 is 1.12 bits per heavy atom. The highest BCUT2D eigenvalue weighted by Crippen LogP contribution is 2.32. The topological polar surface area (TPSA) is 74.6 Å². The molecule has 0 fully saturated rings. The van der Waals surface area contributed by atoms with Gasteiger partial charge in [-0.25, -0.2) is 0 Å². The van der Waals surface area contributed by atoms with E-state index in [-0.39, 0.29) is 6.42 Å². The van der Waals surface area contributed by atoms with E-state index in [0.717, 1.165) is 12.8 Å². The maximum Gasteiger partial charge on any atom is 0.313 e. The second-order valence-electron chi connectivity index (χ2n) is 3.96. The maximum absolute atomic E-state index is 11.3. The first kappa shape index (κ1) is 14.7. The predicted molar refractivity (Wildman–Crippen MR) is 61.3 cm³/mol. The Morgan fingerprint density at radius 3 is 1.94 bits per heavy atom. The van der Waals surface area contributed by atoms with E-state index >= 15 is 0 Å². The molecule has 4 nitrogen and oxygen atoms in total. The molecule has 0 saturated heterocycles. The average molecular weight is 228 g/mol. The van der Waals surface area contributed by atoms with Crippen LogP contribution >= 0.6 is 0 Å². The summed E-state index contributed by atoms with van der Waals surface area (Å²) < 4.78 is 0. The molecule has 92 valence electrons. The Morgan fingerprint density at radius 2 is 1.62 bits per heavy atom. The second kappa shape index (κ2) is 7.04. The Bertz CT molecular complexity index is 262.